The first-order valence-electron chi connectivity index (χ1n) is 4.90. The Bertz CT molecular complexity index is 159. The summed E-state index contributed by atoms with van der Waals surface area (Å²) in [6.07, 6.45) is 11.0. The van der Waals surface area contributed by atoms with Gasteiger partial charge >= 0.3 is 0 Å². The second kappa shape index (κ2) is 8.02. The van der Waals surface area contributed by atoms with Crippen molar-refractivity contribution in [3.63, 3.8) is 0 Å². The van der Waals surface area contributed by atoms with Gasteiger partial charge in [-0.3, -0.25) is 4.90 Å². The van der Waals surface area contributed by atoms with Crippen LogP contribution in [-0.4, -0.2) is 24.7 Å². The maximum absolute atomic E-state index is 5.68. The molecule has 2 heteroatoms. The van der Waals surface area contributed by atoms with Crippen molar-refractivity contribution in [1.29, 1.82) is 0 Å². The fraction of sp³-hybridized carbons (Fsp3) is 0.636. The second-order valence-corrected chi connectivity index (χ2v) is 3.30. The number of rotatable bonds is 6. The topological polar surface area (TPSA) is 29.3 Å². The predicted molar refractivity (Wildman–Crippen MR) is 59.5 cm³/mol. The molecule has 0 saturated heterocycles. The lowest BCUT2D eigenvalue weighted by molar-refractivity contribution is 0.291. The van der Waals surface area contributed by atoms with Gasteiger partial charge in [0.1, 0.15) is 0 Å². The van der Waals surface area contributed by atoms with Crippen LogP contribution in [0.5, 0.6) is 0 Å². The number of allylic oxidation sites excluding steroid dienone is 3. The molecule has 0 radical (unpaired) electrons. The lowest BCUT2D eigenvalue weighted by Gasteiger charge is -2.18. The molecule has 0 aromatic carbocycles. The van der Waals surface area contributed by atoms with Gasteiger partial charge in [-0.1, -0.05) is 24.3 Å². The molecule has 0 aromatic heterocycles. The first-order chi connectivity index (χ1) is 6.18. The third kappa shape index (κ3) is 7.75. The summed E-state index contributed by atoms with van der Waals surface area (Å²) in [5.41, 5.74) is 5.68. The van der Waals surface area contributed by atoms with E-state index in [0.29, 0.717) is 0 Å². The summed E-state index contributed by atoms with van der Waals surface area (Å²) >= 11 is 0. The Morgan fingerprint density at radius 2 is 1.85 bits per heavy atom. The lowest BCUT2D eigenvalue weighted by Crippen LogP contribution is -2.36. The normalized spacial score (nSPS) is 14.8. The fourth-order valence-corrected chi connectivity index (χ4v) is 0.884. The first-order valence-corrected chi connectivity index (χ1v) is 4.90. The number of nitrogens with two attached hydrogens (primary N) is 1. The van der Waals surface area contributed by atoms with Gasteiger partial charge in [0.25, 0.3) is 0 Å². The van der Waals surface area contributed by atoms with Crippen LogP contribution in [0.15, 0.2) is 24.3 Å². The summed E-state index contributed by atoms with van der Waals surface area (Å²) in [6, 6.07) is 0. The van der Waals surface area contributed by atoms with Crippen LogP contribution < -0.4 is 5.73 Å². The predicted octanol–water partition coefficient (Wildman–Crippen LogP) is 2.14. The quantitative estimate of drug-likeness (QED) is 0.387. The zero-order chi connectivity index (χ0) is 10.1. The number of nitrogens with zero attached hydrogens (tertiary/aromatic N) is 1. The Labute approximate surface area is 82.1 Å². The van der Waals surface area contributed by atoms with Crippen molar-refractivity contribution < 1.29 is 0 Å². The SMILES string of the molecule is CC=CCCC=CCN(C)C(C)N. The van der Waals surface area contributed by atoms with Crippen molar-refractivity contribution in [2.75, 3.05) is 13.6 Å². The molecule has 0 aromatic rings. The second-order valence-electron chi connectivity index (χ2n) is 3.30. The van der Waals surface area contributed by atoms with Crippen molar-refractivity contribution in [1.82, 2.24) is 4.90 Å². The van der Waals surface area contributed by atoms with E-state index in [1.165, 1.54) is 0 Å². The smallest absolute Gasteiger partial charge is 0.0542 e. The summed E-state index contributed by atoms with van der Waals surface area (Å²) in [5.74, 6) is 0. The van der Waals surface area contributed by atoms with E-state index in [1.54, 1.807) is 0 Å². The number of hydrogen-bond donors (Lipinski definition) is 1. The zero-order valence-corrected chi connectivity index (χ0v) is 9.03. The fourth-order valence-electron chi connectivity index (χ4n) is 0.884. The average Bonchev–Trinajstić information content (AvgIpc) is 2.10. The minimum atomic E-state index is 0.139. The molecule has 0 rings (SSSR count). The van der Waals surface area contributed by atoms with Crippen LogP contribution in [0.3, 0.4) is 0 Å². The molecule has 0 aliphatic heterocycles. The molecule has 0 saturated carbocycles. The van der Waals surface area contributed by atoms with E-state index < -0.39 is 0 Å². The van der Waals surface area contributed by atoms with Gasteiger partial charge < -0.3 is 5.73 Å². The van der Waals surface area contributed by atoms with Crippen LogP contribution >= 0.6 is 0 Å². The van der Waals surface area contributed by atoms with E-state index in [2.05, 4.69) is 29.2 Å². The Morgan fingerprint density at radius 1 is 1.23 bits per heavy atom. The van der Waals surface area contributed by atoms with Crippen molar-refractivity contribution in [3.05, 3.63) is 24.3 Å². The van der Waals surface area contributed by atoms with Gasteiger partial charge in [0.2, 0.25) is 0 Å². The van der Waals surface area contributed by atoms with Gasteiger partial charge in [-0.05, 0) is 33.7 Å². The summed E-state index contributed by atoms with van der Waals surface area (Å²) in [5, 5.41) is 0. The average molecular weight is 182 g/mol. The van der Waals surface area contributed by atoms with Gasteiger partial charge in [0.15, 0.2) is 0 Å². The maximum atomic E-state index is 5.68. The largest absolute Gasteiger partial charge is 0.316 e. The molecule has 1 unspecified atom stereocenters. The van der Waals surface area contributed by atoms with E-state index in [-0.39, 0.29) is 6.17 Å². The van der Waals surface area contributed by atoms with Crippen molar-refractivity contribution in [2.45, 2.75) is 32.9 Å². The highest BCUT2D eigenvalue weighted by Crippen LogP contribution is 1.94. The van der Waals surface area contributed by atoms with Crippen LogP contribution in [-0.2, 0) is 0 Å². The highest BCUT2D eigenvalue weighted by molar-refractivity contribution is 4.88. The molecule has 0 fully saturated rings. The van der Waals surface area contributed by atoms with E-state index in [1.807, 2.05) is 20.9 Å². The summed E-state index contributed by atoms with van der Waals surface area (Å²) in [6.45, 7) is 4.98. The standard InChI is InChI=1S/C11H22N2/c1-4-5-6-7-8-9-10-13(3)11(2)12/h4-5,8-9,11H,6-7,10,12H2,1-3H3. The molecule has 0 bridgehead atoms. The highest BCUT2D eigenvalue weighted by Gasteiger charge is 1.98. The summed E-state index contributed by atoms with van der Waals surface area (Å²) in [4.78, 5) is 2.10. The Kier molecular flexibility index (Phi) is 7.65. The molecule has 0 aliphatic rings. The van der Waals surface area contributed by atoms with E-state index in [9.17, 15) is 0 Å². The minimum Gasteiger partial charge on any atom is -0.316 e. The monoisotopic (exact) mass is 182 g/mol. The number of likely N-dealkylation sites (N-methyl/N-ethyl adjacent to an activating group) is 1. The third-order valence-corrected chi connectivity index (χ3v) is 1.99. The summed E-state index contributed by atoms with van der Waals surface area (Å²) < 4.78 is 0. The molecule has 2 N–H and O–H groups in total. The lowest BCUT2D eigenvalue weighted by atomic mass is 10.2. The Morgan fingerprint density at radius 3 is 2.38 bits per heavy atom. The third-order valence-electron chi connectivity index (χ3n) is 1.99. The molecule has 0 amide bonds. The molecule has 13 heavy (non-hydrogen) atoms. The van der Waals surface area contributed by atoms with Gasteiger partial charge in [-0.2, -0.15) is 0 Å². The number of hydrogen-bond acceptors (Lipinski definition) is 2. The van der Waals surface area contributed by atoms with E-state index in [4.69, 9.17) is 5.73 Å². The molecule has 2 nitrogen and oxygen atoms in total. The van der Waals surface area contributed by atoms with Crippen molar-refractivity contribution in [3.8, 4) is 0 Å². The van der Waals surface area contributed by atoms with Gasteiger partial charge in [-0.25, -0.2) is 0 Å². The molecule has 0 heterocycles. The number of unbranched alkanes of at least 4 members (excludes halogenated alkanes) is 1. The molecular weight excluding hydrogens is 160 g/mol. The Hall–Kier alpha value is -0.600. The zero-order valence-electron chi connectivity index (χ0n) is 9.03. The minimum absolute atomic E-state index is 0.139. The molecule has 0 spiro atoms. The van der Waals surface area contributed by atoms with Crippen molar-refractivity contribution >= 4 is 0 Å². The van der Waals surface area contributed by atoms with Crippen LogP contribution in [0.2, 0.25) is 0 Å². The van der Waals surface area contributed by atoms with Crippen molar-refractivity contribution in [2.24, 2.45) is 5.73 Å². The van der Waals surface area contributed by atoms with E-state index in [0.717, 1.165) is 19.4 Å². The first kappa shape index (κ1) is 12.4. The van der Waals surface area contributed by atoms with Crippen LogP contribution in [0.4, 0.5) is 0 Å². The summed E-state index contributed by atoms with van der Waals surface area (Å²) in [7, 11) is 2.03. The molecule has 0 aliphatic carbocycles. The maximum Gasteiger partial charge on any atom is 0.0542 e. The van der Waals surface area contributed by atoms with E-state index >= 15 is 0 Å². The van der Waals surface area contributed by atoms with Gasteiger partial charge in [0.05, 0.1) is 6.17 Å². The van der Waals surface area contributed by atoms with Gasteiger partial charge in [0, 0.05) is 6.54 Å². The van der Waals surface area contributed by atoms with Crippen LogP contribution in [0, 0.1) is 0 Å². The van der Waals surface area contributed by atoms with Crippen LogP contribution in [0.25, 0.3) is 0 Å². The molecule has 1 atom stereocenters. The van der Waals surface area contributed by atoms with Crippen LogP contribution in [0.1, 0.15) is 26.7 Å². The Balaban J connectivity index is 3.40. The molecular formula is C11H22N2. The highest BCUT2D eigenvalue weighted by atomic mass is 15.2. The van der Waals surface area contributed by atoms with Gasteiger partial charge in [-0.15, -0.1) is 0 Å². The molecule has 76 valence electrons.